The average Bonchev–Trinajstić information content (AvgIpc) is 3.14. The smallest absolute Gasteiger partial charge is 0.258 e. The van der Waals surface area contributed by atoms with Crippen LogP contribution in [-0.2, 0) is 9.59 Å². The number of nitrogens with one attached hydrogen (secondary N) is 3. The topological polar surface area (TPSA) is 111 Å². The number of nitrogens with zero attached hydrogens (tertiary/aromatic N) is 1. The van der Waals surface area contributed by atoms with Gasteiger partial charge in [-0.3, -0.25) is 14.4 Å². The molecule has 0 spiro atoms. The largest absolute Gasteiger partial charge is 0.505 e. The molecule has 0 atom stereocenters. The molecule has 0 bridgehead atoms. The summed E-state index contributed by atoms with van der Waals surface area (Å²) in [5.74, 6) is -0.697. The Morgan fingerprint density at radius 1 is 0.829 bits per heavy atom. The molecule has 2 aliphatic rings. The van der Waals surface area contributed by atoms with E-state index in [-0.39, 0.29) is 52.0 Å². The Kier molecular flexibility index (Phi) is 7.43. The molecule has 35 heavy (non-hydrogen) atoms. The van der Waals surface area contributed by atoms with Crippen LogP contribution in [0.25, 0.3) is 0 Å². The van der Waals surface area contributed by atoms with Crippen molar-refractivity contribution in [3.63, 3.8) is 0 Å². The molecule has 2 aliphatic heterocycles. The lowest BCUT2D eigenvalue weighted by molar-refractivity contribution is -0.116. The zero-order valence-corrected chi connectivity index (χ0v) is 20.0. The number of benzene rings is 3. The number of anilines is 4. The maximum Gasteiger partial charge on any atom is 0.258 e. The zero-order chi connectivity index (χ0) is 24.9. The van der Waals surface area contributed by atoms with E-state index < -0.39 is 0 Å². The van der Waals surface area contributed by atoms with Gasteiger partial charge in [-0.25, -0.2) is 0 Å². The van der Waals surface area contributed by atoms with E-state index in [0.717, 1.165) is 11.4 Å². The standard InChI is InChI=1S/C16H12Cl2N2O3.C9H10N2O/c17-10-7-9(8-11(18)15(10)22)16(23)20-6-5-14(21)19-12-3-1-2-4-13(12)20;12-9-5-6-10-7-3-1-2-4-8(7)11-9/h1-4,7-8,22H,5-6H2,(H,19,21);1-4,10H,5-6H2,(H,11,12). The normalized spacial score (nSPS) is 14.5. The molecule has 10 heteroatoms. The Bertz CT molecular complexity index is 1270. The lowest BCUT2D eigenvalue weighted by Gasteiger charge is -2.22. The number of halogens is 2. The number of hydrogen-bond acceptors (Lipinski definition) is 5. The monoisotopic (exact) mass is 512 g/mol. The number of aromatic hydroxyl groups is 1. The molecular weight excluding hydrogens is 491 g/mol. The third kappa shape index (κ3) is 5.67. The Labute approximate surface area is 211 Å². The molecule has 0 radical (unpaired) electrons. The average molecular weight is 513 g/mol. The summed E-state index contributed by atoms with van der Waals surface area (Å²) < 4.78 is 0. The third-order valence-corrected chi connectivity index (χ3v) is 5.99. The number of carbonyl (C=O) groups is 3. The number of amides is 3. The second-order valence-electron chi connectivity index (χ2n) is 7.83. The van der Waals surface area contributed by atoms with Gasteiger partial charge in [0.25, 0.3) is 5.91 Å². The van der Waals surface area contributed by atoms with Crippen LogP contribution in [0.5, 0.6) is 5.75 Å². The molecule has 0 unspecified atom stereocenters. The van der Waals surface area contributed by atoms with Gasteiger partial charge in [-0.1, -0.05) is 47.5 Å². The van der Waals surface area contributed by atoms with E-state index in [0.29, 0.717) is 24.3 Å². The molecule has 0 aliphatic carbocycles. The van der Waals surface area contributed by atoms with Gasteiger partial charge in [0.2, 0.25) is 11.8 Å². The summed E-state index contributed by atoms with van der Waals surface area (Å²) in [6.45, 7) is 0.945. The highest BCUT2D eigenvalue weighted by Gasteiger charge is 2.25. The third-order valence-electron chi connectivity index (χ3n) is 5.41. The lowest BCUT2D eigenvalue weighted by atomic mass is 10.1. The summed E-state index contributed by atoms with van der Waals surface area (Å²) in [4.78, 5) is 37.2. The van der Waals surface area contributed by atoms with Crippen LogP contribution in [-0.4, -0.2) is 35.9 Å². The molecular formula is C25H22Cl2N4O4. The predicted molar refractivity (Wildman–Crippen MR) is 138 cm³/mol. The first-order chi connectivity index (χ1) is 16.8. The summed E-state index contributed by atoms with van der Waals surface area (Å²) in [7, 11) is 0. The van der Waals surface area contributed by atoms with Gasteiger partial charge in [-0.2, -0.15) is 0 Å². The molecule has 8 nitrogen and oxygen atoms in total. The van der Waals surface area contributed by atoms with E-state index in [9.17, 15) is 19.5 Å². The molecule has 3 aromatic rings. The Morgan fingerprint density at radius 2 is 1.40 bits per heavy atom. The Hall–Kier alpha value is -3.75. The van der Waals surface area contributed by atoms with Crippen LogP contribution in [0.3, 0.4) is 0 Å². The summed E-state index contributed by atoms with van der Waals surface area (Å²) >= 11 is 11.8. The van der Waals surface area contributed by atoms with Crippen molar-refractivity contribution >= 4 is 63.7 Å². The molecule has 4 N–H and O–H groups in total. The molecule has 0 saturated carbocycles. The fourth-order valence-electron chi connectivity index (χ4n) is 3.69. The van der Waals surface area contributed by atoms with Crippen LogP contribution in [0.15, 0.2) is 60.7 Å². The first-order valence-corrected chi connectivity index (χ1v) is 11.6. The fraction of sp³-hybridized carbons (Fsp3) is 0.160. The van der Waals surface area contributed by atoms with Crippen LogP contribution in [0, 0.1) is 0 Å². The van der Waals surface area contributed by atoms with E-state index >= 15 is 0 Å². The molecule has 0 saturated heterocycles. The van der Waals surface area contributed by atoms with Crippen LogP contribution in [0.1, 0.15) is 23.2 Å². The van der Waals surface area contributed by atoms with Crippen molar-refractivity contribution in [1.29, 1.82) is 0 Å². The van der Waals surface area contributed by atoms with E-state index in [4.69, 9.17) is 23.2 Å². The molecule has 2 heterocycles. The van der Waals surface area contributed by atoms with Crippen molar-refractivity contribution in [3.05, 3.63) is 76.3 Å². The van der Waals surface area contributed by atoms with Crippen LogP contribution < -0.4 is 20.9 Å². The molecule has 3 amide bonds. The number of para-hydroxylation sites is 4. The van der Waals surface area contributed by atoms with E-state index in [1.165, 1.54) is 17.0 Å². The summed E-state index contributed by atoms with van der Waals surface area (Å²) in [5, 5.41) is 18.4. The maximum absolute atomic E-state index is 12.8. The molecule has 0 aromatic heterocycles. The fourth-order valence-corrected chi connectivity index (χ4v) is 4.17. The second kappa shape index (κ2) is 10.7. The van der Waals surface area contributed by atoms with Gasteiger partial charge in [-0.05, 0) is 36.4 Å². The van der Waals surface area contributed by atoms with E-state index in [2.05, 4.69) is 16.0 Å². The first-order valence-electron chi connectivity index (χ1n) is 10.8. The maximum atomic E-state index is 12.8. The summed E-state index contributed by atoms with van der Waals surface area (Å²) in [6, 6.07) is 17.5. The Balaban J connectivity index is 0.000000201. The molecule has 180 valence electrons. The second-order valence-corrected chi connectivity index (χ2v) is 8.65. The van der Waals surface area contributed by atoms with Gasteiger partial charge in [0.1, 0.15) is 0 Å². The number of carbonyl (C=O) groups excluding carboxylic acids is 3. The highest BCUT2D eigenvalue weighted by Crippen LogP contribution is 2.35. The van der Waals surface area contributed by atoms with Gasteiger partial charge >= 0.3 is 0 Å². The minimum atomic E-state index is -0.349. The van der Waals surface area contributed by atoms with Crippen molar-refractivity contribution in [1.82, 2.24) is 0 Å². The number of fused-ring (bicyclic) bond motifs is 2. The van der Waals surface area contributed by atoms with E-state index in [1.54, 1.807) is 24.3 Å². The van der Waals surface area contributed by atoms with Crippen molar-refractivity contribution in [3.8, 4) is 5.75 Å². The van der Waals surface area contributed by atoms with E-state index in [1.807, 2.05) is 24.3 Å². The van der Waals surface area contributed by atoms with Gasteiger partial charge in [-0.15, -0.1) is 0 Å². The molecule has 3 aromatic carbocycles. The first kappa shape index (κ1) is 24.4. The number of rotatable bonds is 1. The van der Waals surface area contributed by atoms with Crippen molar-refractivity contribution in [2.75, 3.05) is 33.9 Å². The Morgan fingerprint density at radius 3 is 2.11 bits per heavy atom. The van der Waals surface area contributed by atoms with Crippen molar-refractivity contribution in [2.45, 2.75) is 12.8 Å². The minimum absolute atomic E-state index is 0.00171. The summed E-state index contributed by atoms with van der Waals surface area (Å²) in [6.07, 6.45) is 0.717. The quantitative estimate of drug-likeness (QED) is 0.361. The highest BCUT2D eigenvalue weighted by molar-refractivity contribution is 6.37. The van der Waals surface area contributed by atoms with Gasteiger partial charge in [0, 0.05) is 31.5 Å². The number of hydrogen-bond donors (Lipinski definition) is 4. The van der Waals surface area contributed by atoms with Gasteiger partial charge in [0.05, 0.1) is 32.8 Å². The van der Waals surface area contributed by atoms with Crippen LogP contribution in [0.2, 0.25) is 10.0 Å². The lowest BCUT2D eigenvalue weighted by Crippen LogP contribution is -2.31. The van der Waals surface area contributed by atoms with Gasteiger partial charge in [0.15, 0.2) is 5.75 Å². The predicted octanol–water partition coefficient (Wildman–Crippen LogP) is 5.13. The van der Waals surface area contributed by atoms with Crippen LogP contribution in [0.4, 0.5) is 22.7 Å². The SMILES string of the molecule is O=C1CCN(C(=O)c2cc(Cl)c(O)c(Cl)c2)c2ccccc2N1.O=C1CCNc2ccccc2N1. The molecule has 0 fully saturated rings. The summed E-state index contributed by atoms with van der Waals surface area (Å²) in [5.41, 5.74) is 3.29. The zero-order valence-electron chi connectivity index (χ0n) is 18.5. The number of phenols is 1. The highest BCUT2D eigenvalue weighted by atomic mass is 35.5. The van der Waals surface area contributed by atoms with Gasteiger partial charge < -0.3 is 26.0 Å². The van der Waals surface area contributed by atoms with Crippen molar-refractivity contribution in [2.24, 2.45) is 0 Å². The van der Waals surface area contributed by atoms with Crippen molar-refractivity contribution < 1.29 is 19.5 Å². The minimum Gasteiger partial charge on any atom is -0.505 e. The van der Waals surface area contributed by atoms with Crippen LogP contribution >= 0.6 is 23.2 Å². The number of phenolic OH excluding ortho intramolecular Hbond substituents is 1. The molecule has 5 rings (SSSR count).